The molecule has 3 N–H and O–H groups in total. The molecular weight excluding hydrogens is 259 g/mol. The molecule has 90 valence electrons. The number of benzene rings is 1. The van der Waals surface area contributed by atoms with Crippen LogP contribution in [0, 0.1) is 5.82 Å². The fraction of sp³-hybridized carbons (Fsp3) is 0.167. The Balaban J connectivity index is 2.12. The predicted octanol–water partition coefficient (Wildman–Crippen LogP) is 3.65. The van der Waals surface area contributed by atoms with E-state index >= 15 is 0 Å². The fourth-order valence-corrected chi connectivity index (χ4v) is 2.65. The molecule has 2 rings (SSSR count). The quantitative estimate of drug-likeness (QED) is 0.890. The van der Waals surface area contributed by atoms with E-state index in [1.165, 1.54) is 12.1 Å². The zero-order valence-corrected chi connectivity index (χ0v) is 10.6. The summed E-state index contributed by atoms with van der Waals surface area (Å²) in [5.41, 5.74) is 6.56. The first-order valence-electron chi connectivity index (χ1n) is 5.15. The van der Waals surface area contributed by atoms with Crippen molar-refractivity contribution in [3.63, 3.8) is 0 Å². The summed E-state index contributed by atoms with van der Waals surface area (Å²) >= 11 is 7.43. The molecule has 1 atom stereocenters. The van der Waals surface area contributed by atoms with Crippen LogP contribution < -0.4 is 11.1 Å². The number of anilines is 1. The van der Waals surface area contributed by atoms with Crippen molar-refractivity contribution in [2.24, 2.45) is 5.73 Å². The predicted molar refractivity (Wildman–Crippen MR) is 71.1 cm³/mol. The molecule has 1 aromatic carbocycles. The number of rotatable bonds is 4. The third-order valence-corrected chi connectivity index (χ3v) is 3.75. The van der Waals surface area contributed by atoms with E-state index in [-0.39, 0.29) is 11.9 Å². The van der Waals surface area contributed by atoms with Crippen molar-refractivity contribution < 1.29 is 4.39 Å². The molecule has 2 aromatic rings. The van der Waals surface area contributed by atoms with E-state index in [9.17, 15) is 4.39 Å². The number of nitrogens with one attached hydrogen (secondary N) is 1. The molecule has 0 radical (unpaired) electrons. The van der Waals surface area contributed by atoms with Crippen LogP contribution in [-0.2, 0) is 0 Å². The molecule has 0 spiro atoms. The lowest BCUT2D eigenvalue weighted by Gasteiger charge is -2.16. The van der Waals surface area contributed by atoms with Crippen LogP contribution in [0.5, 0.6) is 0 Å². The van der Waals surface area contributed by atoms with E-state index in [4.69, 9.17) is 17.3 Å². The Kier molecular flexibility index (Phi) is 3.99. The number of halogens is 2. The molecule has 1 aromatic heterocycles. The van der Waals surface area contributed by atoms with Crippen LogP contribution in [0.25, 0.3) is 0 Å². The maximum Gasteiger partial charge on any atom is 0.123 e. The second-order valence-corrected chi connectivity index (χ2v) is 4.99. The van der Waals surface area contributed by atoms with Gasteiger partial charge < -0.3 is 11.1 Å². The van der Waals surface area contributed by atoms with Gasteiger partial charge >= 0.3 is 0 Å². The molecule has 1 unspecified atom stereocenters. The van der Waals surface area contributed by atoms with Gasteiger partial charge in [0.15, 0.2) is 0 Å². The van der Waals surface area contributed by atoms with Gasteiger partial charge in [0.05, 0.1) is 11.1 Å². The Labute approximate surface area is 108 Å². The van der Waals surface area contributed by atoms with Crippen molar-refractivity contribution in [2.75, 3.05) is 11.9 Å². The third-order valence-electron chi connectivity index (χ3n) is 2.35. The van der Waals surface area contributed by atoms with E-state index < -0.39 is 0 Å². The SMILES string of the molecule is NCC(Nc1ccc(F)cc1)c1cc(Cl)cs1. The normalized spacial score (nSPS) is 12.4. The van der Waals surface area contributed by atoms with E-state index in [1.54, 1.807) is 23.5 Å². The number of hydrogen-bond donors (Lipinski definition) is 2. The van der Waals surface area contributed by atoms with Gasteiger partial charge in [0.25, 0.3) is 0 Å². The highest BCUT2D eigenvalue weighted by Gasteiger charge is 2.11. The maximum atomic E-state index is 12.8. The first-order valence-corrected chi connectivity index (χ1v) is 6.41. The van der Waals surface area contributed by atoms with Gasteiger partial charge in [0.2, 0.25) is 0 Å². The number of hydrogen-bond acceptors (Lipinski definition) is 3. The molecule has 0 saturated heterocycles. The smallest absolute Gasteiger partial charge is 0.123 e. The summed E-state index contributed by atoms with van der Waals surface area (Å²) < 4.78 is 12.8. The average Bonchev–Trinajstić information content (AvgIpc) is 2.75. The minimum absolute atomic E-state index is 0.00189. The van der Waals surface area contributed by atoms with Crippen molar-refractivity contribution >= 4 is 28.6 Å². The van der Waals surface area contributed by atoms with Crippen molar-refractivity contribution in [3.8, 4) is 0 Å². The second kappa shape index (κ2) is 5.49. The summed E-state index contributed by atoms with van der Waals surface area (Å²) in [6, 6.07) is 8.09. The van der Waals surface area contributed by atoms with Gasteiger partial charge in [0, 0.05) is 22.5 Å². The molecule has 2 nitrogen and oxygen atoms in total. The molecule has 0 bridgehead atoms. The van der Waals surface area contributed by atoms with Crippen LogP contribution in [0.4, 0.5) is 10.1 Å². The molecule has 1 heterocycles. The maximum absolute atomic E-state index is 12.8. The summed E-state index contributed by atoms with van der Waals surface area (Å²) in [5, 5.41) is 5.82. The summed E-state index contributed by atoms with van der Waals surface area (Å²) in [4.78, 5) is 1.07. The van der Waals surface area contributed by atoms with Gasteiger partial charge in [-0.05, 0) is 30.3 Å². The van der Waals surface area contributed by atoms with Crippen molar-refractivity contribution in [2.45, 2.75) is 6.04 Å². The van der Waals surface area contributed by atoms with Crippen LogP contribution in [0.1, 0.15) is 10.9 Å². The summed E-state index contributed by atoms with van der Waals surface area (Å²) in [7, 11) is 0. The monoisotopic (exact) mass is 270 g/mol. The summed E-state index contributed by atoms with van der Waals surface area (Å²) in [6.07, 6.45) is 0. The van der Waals surface area contributed by atoms with E-state index in [1.807, 2.05) is 11.4 Å². The standard InChI is InChI=1S/C12H12ClFN2S/c13-8-5-12(17-7-8)11(6-15)16-10-3-1-9(14)2-4-10/h1-5,7,11,16H,6,15H2. The first kappa shape index (κ1) is 12.4. The largest absolute Gasteiger partial charge is 0.376 e. The topological polar surface area (TPSA) is 38.0 Å². The van der Waals surface area contributed by atoms with Crippen LogP contribution in [-0.4, -0.2) is 6.54 Å². The van der Waals surface area contributed by atoms with Gasteiger partial charge in [-0.15, -0.1) is 11.3 Å². The van der Waals surface area contributed by atoms with Gasteiger partial charge in [0.1, 0.15) is 5.82 Å². The van der Waals surface area contributed by atoms with Crippen LogP contribution in [0.15, 0.2) is 35.7 Å². The zero-order chi connectivity index (χ0) is 12.3. The molecule has 0 aliphatic carbocycles. The molecule has 0 saturated carbocycles. The van der Waals surface area contributed by atoms with Crippen LogP contribution in [0.3, 0.4) is 0 Å². The van der Waals surface area contributed by atoms with Crippen molar-refractivity contribution in [3.05, 3.63) is 51.4 Å². The third kappa shape index (κ3) is 3.19. The summed E-state index contributed by atoms with van der Waals surface area (Å²) in [5.74, 6) is -0.251. The fourth-order valence-electron chi connectivity index (χ4n) is 1.50. The molecule has 0 amide bonds. The van der Waals surface area contributed by atoms with Crippen LogP contribution in [0.2, 0.25) is 5.02 Å². The van der Waals surface area contributed by atoms with Gasteiger partial charge in [-0.25, -0.2) is 4.39 Å². The van der Waals surface area contributed by atoms with Crippen molar-refractivity contribution in [1.29, 1.82) is 0 Å². The Hall–Kier alpha value is -1.10. The Morgan fingerprint density at radius 3 is 2.59 bits per heavy atom. The second-order valence-electron chi connectivity index (χ2n) is 3.61. The van der Waals surface area contributed by atoms with Gasteiger partial charge in [-0.2, -0.15) is 0 Å². The molecule has 0 aliphatic rings. The highest BCUT2D eigenvalue weighted by atomic mass is 35.5. The lowest BCUT2D eigenvalue weighted by atomic mass is 10.2. The Bertz CT molecular complexity index is 484. The minimum Gasteiger partial charge on any atom is -0.376 e. The average molecular weight is 271 g/mol. The molecule has 17 heavy (non-hydrogen) atoms. The van der Waals surface area contributed by atoms with Crippen molar-refractivity contribution in [1.82, 2.24) is 0 Å². The van der Waals surface area contributed by atoms with E-state index in [2.05, 4.69) is 5.32 Å². The molecular formula is C12H12ClFN2S. The van der Waals surface area contributed by atoms with Crippen LogP contribution >= 0.6 is 22.9 Å². The lowest BCUT2D eigenvalue weighted by Crippen LogP contribution is -2.19. The zero-order valence-electron chi connectivity index (χ0n) is 8.99. The van der Waals surface area contributed by atoms with Gasteiger partial charge in [-0.1, -0.05) is 11.6 Å². The van der Waals surface area contributed by atoms with E-state index in [0.717, 1.165) is 10.6 Å². The summed E-state index contributed by atoms with van der Waals surface area (Å²) in [6.45, 7) is 0.453. The lowest BCUT2D eigenvalue weighted by molar-refractivity contribution is 0.628. The Morgan fingerprint density at radius 1 is 1.35 bits per heavy atom. The molecule has 0 aliphatic heterocycles. The molecule has 5 heteroatoms. The Morgan fingerprint density at radius 2 is 2.06 bits per heavy atom. The molecule has 0 fully saturated rings. The number of nitrogens with two attached hydrogens (primary N) is 1. The minimum atomic E-state index is -0.251. The highest BCUT2D eigenvalue weighted by molar-refractivity contribution is 7.10. The van der Waals surface area contributed by atoms with E-state index in [0.29, 0.717) is 11.6 Å². The highest BCUT2D eigenvalue weighted by Crippen LogP contribution is 2.27. The van der Waals surface area contributed by atoms with Gasteiger partial charge in [-0.3, -0.25) is 0 Å². The number of thiophene rings is 1. The first-order chi connectivity index (χ1) is 8.19.